The zero-order chi connectivity index (χ0) is 10.1. The molecule has 0 heterocycles. The van der Waals surface area contributed by atoms with Crippen molar-refractivity contribution in [3.8, 4) is 0 Å². The van der Waals surface area contributed by atoms with Gasteiger partial charge in [0.15, 0.2) is 6.29 Å². The van der Waals surface area contributed by atoms with Crippen LogP contribution in [-0.2, 0) is 18.9 Å². The van der Waals surface area contributed by atoms with Crippen LogP contribution in [0.1, 0.15) is 6.42 Å². The summed E-state index contributed by atoms with van der Waals surface area (Å²) in [6, 6.07) is 0. The normalized spacial score (nSPS) is 11.0. The molecule has 13 heavy (non-hydrogen) atoms. The summed E-state index contributed by atoms with van der Waals surface area (Å²) >= 11 is 0. The van der Waals surface area contributed by atoms with E-state index in [0.717, 1.165) is 0 Å². The number of carbonyl (C=O) groups excluding carboxylic acids is 1. The van der Waals surface area contributed by atoms with E-state index < -0.39 is 12.3 Å². The van der Waals surface area contributed by atoms with Gasteiger partial charge in [-0.3, -0.25) is 9.79 Å². The summed E-state index contributed by atoms with van der Waals surface area (Å²) in [6.07, 6.45) is 1.13. The molecular weight excluding hydrogens is 173 g/mol. The molecule has 0 saturated carbocycles. The van der Waals surface area contributed by atoms with Gasteiger partial charge in [-0.15, -0.1) is 0 Å². The van der Waals surface area contributed by atoms with Crippen LogP contribution in [0.3, 0.4) is 0 Å². The molecule has 0 atom stereocenters. The summed E-state index contributed by atoms with van der Waals surface area (Å²) < 4.78 is 13.6. The first kappa shape index (κ1) is 12.1. The van der Waals surface area contributed by atoms with Crippen molar-refractivity contribution >= 4 is 20.2 Å². The zero-order valence-corrected chi connectivity index (χ0v) is 7.73. The van der Waals surface area contributed by atoms with E-state index in [1.807, 2.05) is 0 Å². The molecule has 5 nitrogen and oxygen atoms in total. The molecule has 0 aromatic heterocycles. The number of methoxy groups -OCH3 is 2. The maximum absolute atomic E-state index is 10.5. The number of carbonyl (C=O) groups is 1. The molecule has 0 aromatic rings. The molecule has 0 aromatic carbocycles. The standard InChI is InChI=1S/C7H12BNO4/c1-11-7(12-2)5-9-4-3-6(10)13-8/h5,7H,3-4H2,1-2H3. The summed E-state index contributed by atoms with van der Waals surface area (Å²) in [6.45, 7) is 0.305. The highest BCUT2D eigenvalue weighted by Crippen LogP contribution is 1.88. The molecule has 0 saturated heterocycles. The highest BCUT2D eigenvalue weighted by molar-refractivity contribution is 6.05. The molecular formula is C7H12BNO4. The predicted octanol–water partition coefficient (Wildman–Crippen LogP) is -0.307. The number of hydrogen-bond acceptors (Lipinski definition) is 5. The lowest BCUT2D eigenvalue weighted by atomic mass is 10.4. The first-order chi connectivity index (χ1) is 6.24. The average molecular weight is 185 g/mol. The zero-order valence-electron chi connectivity index (χ0n) is 7.73. The number of ether oxygens (including phenoxy) is 2. The van der Waals surface area contributed by atoms with Gasteiger partial charge in [0.25, 0.3) is 5.97 Å². The fraction of sp³-hybridized carbons (Fsp3) is 0.714. The fourth-order valence-corrected chi connectivity index (χ4v) is 0.593. The summed E-state index contributed by atoms with van der Waals surface area (Å²) in [5.41, 5.74) is 0. The van der Waals surface area contributed by atoms with Gasteiger partial charge >= 0.3 is 8.05 Å². The summed E-state index contributed by atoms with van der Waals surface area (Å²) in [7, 11) is 7.60. The lowest BCUT2D eigenvalue weighted by molar-refractivity contribution is -0.133. The van der Waals surface area contributed by atoms with Crippen molar-refractivity contribution in [1.29, 1.82) is 0 Å². The molecule has 0 aliphatic heterocycles. The summed E-state index contributed by atoms with van der Waals surface area (Å²) in [4.78, 5) is 14.4. The van der Waals surface area contributed by atoms with Crippen molar-refractivity contribution in [2.45, 2.75) is 12.7 Å². The van der Waals surface area contributed by atoms with Crippen LogP contribution in [-0.4, -0.2) is 47.3 Å². The largest absolute Gasteiger partial charge is 0.543 e. The Morgan fingerprint density at radius 1 is 1.54 bits per heavy atom. The van der Waals surface area contributed by atoms with Gasteiger partial charge in [0.2, 0.25) is 0 Å². The van der Waals surface area contributed by atoms with Gasteiger partial charge in [-0.1, -0.05) is 0 Å². The third kappa shape index (κ3) is 6.30. The SMILES string of the molecule is [B]OC(=O)CCN=CC(OC)OC. The van der Waals surface area contributed by atoms with E-state index in [9.17, 15) is 4.79 Å². The number of hydrogen-bond donors (Lipinski definition) is 0. The van der Waals surface area contributed by atoms with E-state index in [1.165, 1.54) is 20.4 Å². The van der Waals surface area contributed by atoms with E-state index in [-0.39, 0.29) is 6.42 Å². The van der Waals surface area contributed by atoms with Crippen LogP contribution in [0.5, 0.6) is 0 Å². The van der Waals surface area contributed by atoms with Crippen LogP contribution < -0.4 is 0 Å². The number of nitrogens with zero attached hydrogens (tertiary/aromatic N) is 1. The third-order valence-corrected chi connectivity index (χ3v) is 1.27. The van der Waals surface area contributed by atoms with Crippen molar-refractivity contribution in [3.05, 3.63) is 0 Å². The van der Waals surface area contributed by atoms with Crippen LogP contribution >= 0.6 is 0 Å². The monoisotopic (exact) mass is 185 g/mol. The number of rotatable bonds is 6. The predicted molar refractivity (Wildman–Crippen MR) is 47.6 cm³/mol. The van der Waals surface area contributed by atoms with E-state index in [0.29, 0.717) is 6.54 Å². The lowest BCUT2D eigenvalue weighted by Gasteiger charge is -2.06. The van der Waals surface area contributed by atoms with E-state index in [1.54, 1.807) is 0 Å². The summed E-state index contributed by atoms with van der Waals surface area (Å²) in [5, 5.41) is 0. The van der Waals surface area contributed by atoms with Gasteiger partial charge < -0.3 is 14.1 Å². The molecule has 6 heteroatoms. The van der Waals surface area contributed by atoms with Gasteiger partial charge in [-0.25, -0.2) is 0 Å². The second-order valence-electron chi connectivity index (χ2n) is 2.13. The van der Waals surface area contributed by atoms with E-state index in [4.69, 9.17) is 9.47 Å². The Balaban J connectivity index is 3.55. The molecule has 0 aliphatic rings. The molecule has 2 radical (unpaired) electrons. The molecule has 0 fully saturated rings. The first-order valence-corrected chi connectivity index (χ1v) is 3.69. The maximum atomic E-state index is 10.5. The Hall–Kier alpha value is -0.875. The van der Waals surface area contributed by atoms with Gasteiger partial charge in [-0.05, 0) is 0 Å². The molecule has 0 spiro atoms. The minimum absolute atomic E-state index is 0.146. The molecule has 0 amide bonds. The Kier molecular flexibility index (Phi) is 7.24. The van der Waals surface area contributed by atoms with Gasteiger partial charge in [0.05, 0.1) is 12.6 Å². The first-order valence-electron chi connectivity index (χ1n) is 3.69. The Morgan fingerprint density at radius 3 is 2.62 bits per heavy atom. The van der Waals surface area contributed by atoms with Crippen LogP contribution in [0.25, 0.3) is 0 Å². The summed E-state index contributed by atoms with van der Waals surface area (Å²) in [5.74, 6) is -0.497. The molecule has 0 N–H and O–H groups in total. The Morgan fingerprint density at radius 2 is 2.15 bits per heavy atom. The minimum Gasteiger partial charge on any atom is -0.543 e. The van der Waals surface area contributed by atoms with Crippen LogP contribution in [0, 0.1) is 0 Å². The molecule has 0 unspecified atom stereocenters. The van der Waals surface area contributed by atoms with E-state index >= 15 is 0 Å². The fourth-order valence-electron chi connectivity index (χ4n) is 0.593. The van der Waals surface area contributed by atoms with Crippen LogP contribution in [0.15, 0.2) is 4.99 Å². The minimum atomic E-state index is -0.497. The van der Waals surface area contributed by atoms with Gasteiger partial charge in [0, 0.05) is 20.8 Å². The quantitative estimate of drug-likeness (QED) is 0.323. The van der Waals surface area contributed by atoms with Gasteiger partial charge in [0.1, 0.15) is 0 Å². The average Bonchev–Trinajstić information content (AvgIpc) is 2.18. The second-order valence-corrected chi connectivity index (χ2v) is 2.13. The van der Waals surface area contributed by atoms with Crippen molar-refractivity contribution < 1.29 is 18.9 Å². The second kappa shape index (κ2) is 7.76. The van der Waals surface area contributed by atoms with Crippen LogP contribution in [0.2, 0.25) is 0 Å². The van der Waals surface area contributed by atoms with Crippen LogP contribution in [0.4, 0.5) is 0 Å². The highest BCUT2D eigenvalue weighted by atomic mass is 16.7. The molecule has 0 bridgehead atoms. The molecule has 0 aliphatic carbocycles. The van der Waals surface area contributed by atoms with Crippen molar-refractivity contribution in [2.75, 3.05) is 20.8 Å². The molecule has 72 valence electrons. The Labute approximate surface area is 78.5 Å². The number of aliphatic imine (C=N–C) groups is 1. The van der Waals surface area contributed by atoms with Crippen molar-refractivity contribution in [3.63, 3.8) is 0 Å². The smallest absolute Gasteiger partial charge is 0.378 e. The van der Waals surface area contributed by atoms with Crippen molar-refractivity contribution in [2.24, 2.45) is 4.99 Å². The topological polar surface area (TPSA) is 57.1 Å². The molecule has 0 rings (SSSR count). The highest BCUT2D eigenvalue weighted by Gasteiger charge is 1.99. The maximum Gasteiger partial charge on any atom is 0.378 e. The lowest BCUT2D eigenvalue weighted by Crippen LogP contribution is -2.14. The van der Waals surface area contributed by atoms with Crippen molar-refractivity contribution in [1.82, 2.24) is 0 Å². The third-order valence-electron chi connectivity index (χ3n) is 1.27. The Bertz CT molecular complexity index is 170. The van der Waals surface area contributed by atoms with Gasteiger partial charge in [-0.2, -0.15) is 0 Å². The van der Waals surface area contributed by atoms with E-state index in [2.05, 4.69) is 17.7 Å².